The standard InChI is InChI=1S/C51H44O/c1-49(2,3)31-23-30-24-38(34-16-10-9-15-33(34)29-21-22-36-35-17-11-13-19-42(35)51(7,8)43(36)25-29)39-26-32(50(4,5)6)27-40-46(39)45(30)41(28-31)48-47(40)37-18-12-14-20-44(37)52-48/h9-28H,1-8H3. The van der Waals surface area contributed by atoms with Crippen molar-refractivity contribution in [2.75, 3.05) is 0 Å². The van der Waals surface area contributed by atoms with E-state index >= 15 is 0 Å². The van der Waals surface area contributed by atoms with Gasteiger partial charge in [0.25, 0.3) is 0 Å². The molecule has 254 valence electrons. The van der Waals surface area contributed by atoms with Crippen LogP contribution in [0.25, 0.3) is 87.6 Å². The predicted octanol–water partition coefficient (Wildman–Crippen LogP) is 14.7. The lowest BCUT2D eigenvalue weighted by Gasteiger charge is -2.26. The first kappa shape index (κ1) is 31.3. The molecule has 0 unspecified atom stereocenters. The molecule has 8 aromatic carbocycles. The number of benzene rings is 8. The molecule has 1 heteroatoms. The first-order chi connectivity index (χ1) is 24.8. The molecule has 0 radical (unpaired) electrons. The highest BCUT2D eigenvalue weighted by atomic mass is 16.3. The van der Waals surface area contributed by atoms with Crippen molar-refractivity contribution in [3.8, 4) is 33.4 Å². The van der Waals surface area contributed by atoms with E-state index in [2.05, 4.69) is 177 Å². The van der Waals surface area contributed by atoms with Gasteiger partial charge in [-0.25, -0.2) is 0 Å². The summed E-state index contributed by atoms with van der Waals surface area (Å²) in [7, 11) is 0. The second-order valence-electron chi connectivity index (χ2n) is 17.8. The fourth-order valence-corrected chi connectivity index (χ4v) is 9.22. The maximum atomic E-state index is 6.83. The molecule has 0 saturated carbocycles. The number of furan rings is 1. The summed E-state index contributed by atoms with van der Waals surface area (Å²) < 4.78 is 6.83. The van der Waals surface area contributed by atoms with E-state index in [1.165, 1.54) is 98.7 Å². The second-order valence-corrected chi connectivity index (χ2v) is 17.8. The van der Waals surface area contributed by atoms with Crippen molar-refractivity contribution in [1.82, 2.24) is 0 Å². The van der Waals surface area contributed by atoms with Crippen molar-refractivity contribution in [3.63, 3.8) is 0 Å². The van der Waals surface area contributed by atoms with E-state index in [1.54, 1.807) is 0 Å². The molecule has 0 saturated heterocycles. The van der Waals surface area contributed by atoms with Gasteiger partial charge in [0, 0.05) is 27.0 Å². The molecule has 0 bridgehead atoms. The number of hydrogen-bond donors (Lipinski definition) is 0. The van der Waals surface area contributed by atoms with E-state index in [4.69, 9.17) is 4.42 Å². The van der Waals surface area contributed by atoms with Gasteiger partial charge in [0.05, 0.1) is 0 Å². The van der Waals surface area contributed by atoms with Gasteiger partial charge in [0.15, 0.2) is 0 Å². The zero-order valence-corrected chi connectivity index (χ0v) is 31.5. The highest BCUT2D eigenvalue weighted by Gasteiger charge is 2.35. The lowest BCUT2D eigenvalue weighted by atomic mass is 9.78. The summed E-state index contributed by atoms with van der Waals surface area (Å²) in [6.45, 7) is 18.7. The average Bonchev–Trinajstić information content (AvgIpc) is 3.62. The molecule has 9 aromatic rings. The summed E-state index contributed by atoms with van der Waals surface area (Å²) in [5, 5.41) is 10.1. The third-order valence-electron chi connectivity index (χ3n) is 12.1. The van der Waals surface area contributed by atoms with Crippen LogP contribution in [0.3, 0.4) is 0 Å². The number of hydrogen-bond acceptors (Lipinski definition) is 1. The quantitative estimate of drug-likeness (QED) is 0.167. The Bertz CT molecular complexity index is 2930. The molecule has 1 nitrogen and oxygen atoms in total. The molecule has 52 heavy (non-hydrogen) atoms. The highest BCUT2D eigenvalue weighted by Crippen LogP contribution is 2.52. The second kappa shape index (κ2) is 10.4. The number of fused-ring (bicyclic) bond motifs is 8. The van der Waals surface area contributed by atoms with Crippen molar-refractivity contribution in [3.05, 3.63) is 144 Å². The maximum Gasteiger partial charge on any atom is 0.143 e. The van der Waals surface area contributed by atoms with E-state index < -0.39 is 0 Å². The van der Waals surface area contributed by atoms with Gasteiger partial charge in [-0.3, -0.25) is 0 Å². The van der Waals surface area contributed by atoms with E-state index in [0.29, 0.717) is 0 Å². The van der Waals surface area contributed by atoms with Gasteiger partial charge in [-0.2, -0.15) is 0 Å². The number of rotatable bonds is 2. The topological polar surface area (TPSA) is 13.1 Å². The van der Waals surface area contributed by atoms with Crippen LogP contribution in [0.5, 0.6) is 0 Å². The maximum absolute atomic E-state index is 6.83. The van der Waals surface area contributed by atoms with Gasteiger partial charge in [0.2, 0.25) is 0 Å². The van der Waals surface area contributed by atoms with Gasteiger partial charge in [-0.15, -0.1) is 0 Å². The van der Waals surface area contributed by atoms with Crippen LogP contribution in [-0.2, 0) is 16.2 Å². The molecule has 0 amide bonds. The van der Waals surface area contributed by atoms with Crippen LogP contribution >= 0.6 is 0 Å². The lowest BCUT2D eigenvalue weighted by Crippen LogP contribution is -2.14. The first-order valence-electron chi connectivity index (χ1n) is 18.8. The molecule has 0 atom stereocenters. The van der Waals surface area contributed by atoms with E-state index in [0.717, 1.165) is 11.2 Å². The lowest BCUT2D eigenvalue weighted by molar-refractivity contribution is 0.591. The predicted molar refractivity (Wildman–Crippen MR) is 223 cm³/mol. The minimum Gasteiger partial charge on any atom is -0.455 e. The van der Waals surface area contributed by atoms with Crippen molar-refractivity contribution in [1.29, 1.82) is 0 Å². The smallest absolute Gasteiger partial charge is 0.143 e. The van der Waals surface area contributed by atoms with E-state index in [1.807, 2.05) is 0 Å². The molecule has 10 rings (SSSR count). The van der Waals surface area contributed by atoms with Crippen LogP contribution in [0, 0.1) is 0 Å². The van der Waals surface area contributed by atoms with Crippen molar-refractivity contribution in [2.24, 2.45) is 0 Å². The average molecular weight is 673 g/mol. The largest absolute Gasteiger partial charge is 0.455 e. The van der Waals surface area contributed by atoms with Crippen molar-refractivity contribution >= 4 is 54.3 Å². The molecular weight excluding hydrogens is 629 g/mol. The molecule has 1 aliphatic rings. The Kier molecular flexibility index (Phi) is 6.24. The van der Waals surface area contributed by atoms with Crippen LogP contribution in [0.4, 0.5) is 0 Å². The SMILES string of the molecule is CC(C)(C)c1cc2cc(-c3ccccc3-c3ccc4c(c3)C(C)(C)c3ccccc3-4)c3cc(C(C)(C)C)cc4c5c6ccccc6oc5c(c1)c2c34. The Morgan fingerprint density at radius 1 is 0.442 bits per heavy atom. The Morgan fingerprint density at radius 3 is 1.83 bits per heavy atom. The van der Waals surface area contributed by atoms with Crippen LogP contribution in [0.1, 0.15) is 77.6 Å². The van der Waals surface area contributed by atoms with Crippen LogP contribution < -0.4 is 0 Å². The molecular formula is C51H44O. The Labute approximate surface area is 306 Å². The zero-order valence-electron chi connectivity index (χ0n) is 31.5. The van der Waals surface area contributed by atoms with Crippen LogP contribution in [-0.4, -0.2) is 0 Å². The van der Waals surface area contributed by atoms with Crippen LogP contribution in [0.2, 0.25) is 0 Å². The number of para-hydroxylation sites is 1. The summed E-state index contributed by atoms with van der Waals surface area (Å²) in [5.74, 6) is 0. The van der Waals surface area contributed by atoms with Gasteiger partial charge in [-0.1, -0.05) is 140 Å². The third kappa shape index (κ3) is 4.29. The van der Waals surface area contributed by atoms with Crippen molar-refractivity contribution in [2.45, 2.75) is 71.6 Å². The molecule has 1 heterocycles. The van der Waals surface area contributed by atoms with E-state index in [9.17, 15) is 0 Å². The van der Waals surface area contributed by atoms with E-state index in [-0.39, 0.29) is 16.2 Å². The first-order valence-corrected chi connectivity index (χ1v) is 18.8. The van der Waals surface area contributed by atoms with Gasteiger partial charge >= 0.3 is 0 Å². The van der Waals surface area contributed by atoms with Crippen LogP contribution in [0.15, 0.2) is 126 Å². The molecule has 0 fully saturated rings. The normalized spacial score (nSPS) is 14.3. The Balaban J connectivity index is 1.35. The van der Waals surface area contributed by atoms with Gasteiger partial charge < -0.3 is 4.42 Å². The van der Waals surface area contributed by atoms with Gasteiger partial charge in [-0.05, 0) is 124 Å². The summed E-state index contributed by atoms with van der Waals surface area (Å²) >= 11 is 0. The van der Waals surface area contributed by atoms with Crippen molar-refractivity contribution < 1.29 is 4.42 Å². The minimum atomic E-state index is -0.0646. The summed E-state index contributed by atoms with van der Waals surface area (Å²) in [5.41, 5.74) is 15.0. The highest BCUT2D eigenvalue weighted by molar-refractivity contribution is 6.38. The Hall–Kier alpha value is -5.40. The molecule has 0 spiro atoms. The fraction of sp³-hybridized carbons (Fsp3) is 0.216. The molecule has 0 N–H and O–H groups in total. The molecule has 1 aromatic heterocycles. The summed E-state index contributed by atoms with van der Waals surface area (Å²) in [6, 6.07) is 46.0. The molecule has 0 aliphatic heterocycles. The Morgan fingerprint density at radius 2 is 1.06 bits per heavy atom. The molecule has 1 aliphatic carbocycles. The van der Waals surface area contributed by atoms with Gasteiger partial charge in [0.1, 0.15) is 11.2 Å². The fourth-order valence-electron chi connectivity index (χ4n) is 9.22. The minimum absolute atomic E-state index is 0.0327. The zero-order chi connectivity index (χ0) is 35.9. The monoisotopic (exact) mass is 672 g/mol. The summed E-state index contributed by atoms with van der Waals surface area (Å²) in [4.78, 5) is 0. The third-order valence-corrected chi connectivity index (χ3v) is 12.1. The summed E-state index contributed by atoms with van der Waals surface area (Å²) in [6.07, 6.45) is 0.